The van der Waals surface area contributed by atoms with Gasteiger partial charge in [-0.1, -0.05) is 0 Å². The molecule has 4 rings (SSSR count). The Morgan fingerprint density at radius 3 is 2.12 bits per heavy atom. The van der Waals surface area contributed by atoms with E-state index in [0.717, 1.165) is 39.0 Å². The van der Waals surface area contributed by atoms with Crippen molar-refractivity contribution in [2.45, 2.75) is 27.7 Å². The van der Waals surface area contributed by atoms with Crippen LogP contribution in [0.3, 0.4) is 0 Å². The van der Waals surface area contributed by atoms with Gasteiger partial charge in [-0.15, -0.1) is 0 Å². The van der Waals surface area contributed by atoms with Crippen LogP contribution in [0.15, 0.2) is 54.7 Å². The van der Waals surface area contributed by atoms with Gasteiger partial charge in [-0.2, -0.15) is 5.26 Å². The second-order valence-corrected chi connectivity index (χ2v) is 7.95. The summed E-state index contributed by atoms with van der Waals surface area (Å²) in [6.07, 6.45) is 1.61. The lowest BCUT2D eigenvalue weighted by molar-refractivity contribution is 0.378. The van der Waals surface area contributed by atoms with Gasteiger partial charge in [0.1, 0.15) is 11.8 Å². The summed E-state index contributed by atoms with van der Waals surface area (Å²) in [7, 11) is 1.64. The average molecular weight is 424 g/mol. The molecule has 3 aromatic carbocycles. The maximum atomic E-state index is 9.62. The topological polar surface area (TPSA) is 67.2 Å². The smallest absolute Gasteiger partial charge is 0.169 e. The molecule has 0 aliphatic carbocycles. The van der Waals surface area contributed by atoms with Crippen molar-refractivity contribution in [3.8, 4) is 23.3 Å². The highest BCUT2D eigenvalue weighted by molar-refractivity contribution is 5.96. The summed E-state index contributed by atoms with van der Waals surface area (Å²) >= 11 is 0. The highest BCUT2D eigenvalue weighted by atomic mass is 16.5. The van der Waals surface area contributed by atoms with Gasteiger partial charge in [0, 0.05) is 17.3 Å². The van der Waals surface area contributed by atoms with Crippen molar-refractivity contribution in [3.63, 3.8) is 0 Å². The minimum atomic E-state index is 0.501. The highest BCUT2D eigenvalue weighted by Crippen LogP contribution is 2.35. The van der Waals surface area contributed by atoms with Crippen LogP contribution < -0.4 is 14.8 Å². The number of pyridine rings is 1. The molecule has 32 heavy (non-hydrogen) atoms. The highest BCUT2D eigenvalue weighted by Gasteiger charge is 2.12. The number of rotatable bonds is 5. The molecule has 1 N–H and O–H groups in total. The SMILES string of the molecule is COc1cc(C)c(C)cc1Oc1ccc(Nc2c(C#N)cnc3cc(C)c(C)cc23)cc1. The zero-order chi connectivity index (χ0) is 22.8. The molecule has 0 amide bonds. The third kappa shape index (κ3) is 4.08. The molecule has 5 nitrogen and oxygen atoms in total. The molecule has 0 radical (unpaired) electrons. The first-order chi connectivity index (χ1) is 15.4. The van der Waals surface area contributed by atoms with Gasteiger partial charge in [0.2, 0.25) is 0 Å². The van der Waals surface area contributed by atoms with Gasteiger partial charge in [0.05, 0.1) is 23.9 Å². The molecule has 0 saturated heterocycles. The van der Waals surface area contributed by atoms with Crippen LogP contribution in [-0.4, -0.2) is 12.1 Å². The van der Waals surface area contributed by atoms with Crippen molar-refractivity contribution >= 4 is 22.3 Å². The number of nitriles is 1. The fraction of sp³-hybridized carbons (Fsp3) is 0.185. The normalized spacial score (nSPS) is 10.6. The number of aromatic nitrogens is 1. The van der Waals surface area contributed by atoms with Crippen LogP contribution >= 0.6 is 0 Å². The van der Waals surface area contributed by atoms with E-state index in [0.29, 0.717) is 22.8 Å². The van der Waals surface area contributed by atoms with Crippen molar-refractivity contribution in [1.82, 2.24) is 4.98 Å². The first-order valence-corrected chi connectivity index (χ1v) is 10.4. The van der Waals surface area contributed by atoms with Crippen LogP contribution in [0, 0.1) is 39.0 Å². The average Bonchev–Trinajstić information content (AvgIpc) is 2.78. The lowest BCUT2D eigenvalue weighted by atomic mass is 10.0. The van der Waals surface area contributed by atoms with Crippen molar-refractivity contribution in [3.05, 3.63) is 82.5 Å². The van der Waals surface area contributed by atoms with Crippen LogP contribution in [-0.2, 0) is 0 Å². The van der Waals surface area contributed by atoms with E-state index in [1.54, 1.807) is 13.3 Å². The maximum Gasteiger partial charge on any atom is 0.169 e. The number of benzene rings is 3. The summed E-state index contributed by atoms with van der Waals surface area (Å²) in [5.74, 6) is 2.07. The number of nitrogens with zero attached hydrogens (tertiary/aromatic N) is 2. The van der Waals surface area contributed by atoms with Gasteiger partial charge in [-0.25, -0.2) is 0 Å². The number of anilines is 2. The minimum Gasteiger partial charge on any atom is -0.493 e. The van der Waals surface area contributed by atoms with Crippen LogP contribution in [0.1, 0.15) is 27.8 Å². The molecule has 0 bridgehead atoms. The molecular weight excluding hydrogens is 398 g/mol. The molecule has 0 aliphatic rings. The Bertz CT molecular complexity index is 1350. The monoisotopic (exact) mass is 423 g/mol. The third-order valence-corrected chi connectivity index (χ3v) is 5.74. The Labute approximate surface area is 188 Å². The molecule has 1 aromatic heterocycles. The molecule has 0 fully saturated rings. The summed E-state index contributed by atoms with van der Waals surface area (Å²) in [5.41, 5.74) is 7.58. The van der Waals surface area contributed by atoms with Gasteiger partial charge in [-0.3, -0.25) is 4.98 Å². The fourth-order valence-corrected chi connectivity index (χ4v) is 3.55. The van der Waals surface area contributed by atoms with Crippen LogP contribution in [0.2, 0.25) is 0 Å². The van der Waals surface area contributed by atoms with Gasteiger partial charge >= 0.3 is 0 Å². The summed E-state index contributed by atoms with van der Waals surface area (Å²) in [5, 5.41) is 13.9. The molecule has 0 unspecified atom stereocenters. The standard InChI is InChI=1S/C27H25N3O2/c1-16-10-23-24(11-17(16)2)29-15-20(14-28)27(23)30-21-6-8-22(9-7-21)32-26-13-19(4)18(3)12-25(26)31-5/h6-13,15H,1-5H3,(H,29,30). The summed E-state index contributed by atoms with van der Waals surface area (Å²) in [6.45, 7) is 8.21. The Kier molecular flexibility index (Phi) is 5.70. The number of aryl methyl sites for hydroxylation is 4. The molecule has 0 atom stereocenters. The van der Waals surface area contributed by atoms with E-state index >= 15 is 0 Å². The predicted molar refractivity (Wildman–Crippen MR) is 128 cm³/mol. The number of hydrogen-bond donors (Lipinski definition) is 1. The molecule has 160 valence electrons. The van der Waals surface area contributed by atoms with Crippen LogP contribution in [0.5, 0.6) is 17.2 Å². The molecule has 0 spiro atoms. The van der Waals surface area contributed by atoms with Gasteiger partial charge in [0.25, 0.3) is 0 Å². The lowest BCUT2D eigenvalue weighted by Gasteiger charge is -2.15. The van der Waals surface area contributed by atoms with Crippen molar-refractivity contribution in [2.24, 2.45) is 0 Å². The molecule has 1 heterocycles. The van der Waals surface area contributed by atoms with Crippen molar-refractivity contribution in [2.75, 3.05) is 12.4 Å². The number of ether oxygens (including phenoxy) is 2. The molecule has 5 heteroatoms. The first kappa shape index (κ1) is 21.2. The molecule has 4 aromatic rings. The van der Waals surface area contributed by atoms with Crippen LogP contribution in [0.4, 0.5) is 11.4 Å². The molecule has 0 aliphatic heterocycles. The van der Waals surface area contributed by atoms with Gasteiger partial charge < -0.3 is 14.8 Å². The van der Waals surface area contributed by atoms with Crippen molar-refractivity contribution in [1.29, 1.82) is 5.26 Å². The van der Waals surface area contributed by atoms with E-state index in [2.05, 4.69) is 36.3 Å². The van der Waals surface area contributed by atoms with Crippen molar-refractivity contribution < 1.29 is 9.47 Å². The second kappa shape index (κ2) is 8.60. The van der Waals surface area contributed by atoms with Gasteiger partial charge in [-0.05, 0) is 98.5 Å². The third-order valence-electron chi connectivity index (χ3n) is 5.74. The summed E-state index contributed by atoms with van der Waals surface area (Å²) < 4.78 is 11.5. The van der Waals surface area contributed by atoms with E-state index in [1.807, 2.05) is 56.3 Å². The summed E-state index contributed by atoms with van der Waals surface area (Å²) in [4.78, 5) is 4.45. The van der Waals surface area contributed by atoms with E-state index in [4.69, 9.17) is 9.47 Å². The molecule has 0 saturated carbocycles. The predicted octanol–water partition coefficient (Wildman–Crippen LogP) is 6.88. The van der Waals surface area contributed by atoms with E-state index in [-0.39, 0.29) is 0 Å². The van der Waals surface area contributed by atoms with Gasteiger partial charge in [0.15, 0.2) is 11.5 Å². The van der Waals surface area contributed by atoms with E-state index < -0.39 is 0 Å². The Morgan fingerprint density at radius 2 is 1.47 bits per heavy atom. The Balaban J connectivity index is 1.64. The number of methoxy groups -OCH3 is 1. The largest absolute Gasteiger partial charge is 0.493 e. The molecular formula is C27H25N3O2. The Hall–Kier alpha value is -4.04. The lowest BCUT2D eigenvalue weighted by Crippen LogP contribution is -1.98. The number of fused-ring (bicyclic) bond motifs is 1. The Morgan fingerprint density at radius 1 is 0.844 bits per heavy atom. The quantitative estimate of drug-likeness (QED) is 0.379. The summed E-state index contributed by atoms with van der Waals surface area (Å²) in [6, 6.07) is 18.0. The van der Waals surface area contributed by atoms with E-state index in [1.165, 1.54) is 5.56 Å². The fourth-order valence-electron chi connectivity index (χ4n) is 3.55. The number of nitrogens with one attached hydrogen (secondary N) is 1. The minimum absolute atomic E-state index is 0.501. The maximum absolute atomic E-state index is 9.62. The second-order valence-electron chi connectivity index (χ2n) is 7.95. The van der Waals surface area contributed by atoms with Crippen LogP contribution in [0.25, 0.3) is 10.9 Å². The first-order valence-electron chi connectivity index (χ1n) is 10.4. The zero-order valence-electron chi connectivity index (χ0n) is 18.9. The number of hydrogen-bond acceptors (Lipinski definition) is 5. The zero-order valence-corrected chi connectivity index (χ0v) is 18.9. The van der Waals surface area contributed by atoms with E-state index in [9.17, 15) is 5.26 Å².